The molecule has 0 unspecified atom stereocenters. The van der Waals surface area contributed by atoms with Crippen LogP contribution in [0, 0.1) is 0 Å². The SMILES string of the molecule is c1ccc2c(c1)cc1c3ncccc3oc3cccc4oc2c1c34. The summed E-state index contributed by atoms with van der Waals surface area (Å²) >= 11 is 0. The van der Waals surface area contributed by atoms with Gasteiger partial charge in [0.05, 0.1) is 5.39 Å². The van der Waals surface area contributed by atoms with Crippen molar-refractivity contribution in [1.29, 1.82) is 0 Å². The van der Waals surface area contributed by atoms with Crippen molar-refractivity contribution in [2.75, 3.05) is 0 Å². The van der Waals surface area contributed by atoms with Crippen molar-refractivity contribution in [3.05, 3.63) is 66.9 Å². The summed E-state index contributed by atoms with van der Waals surface area (Å²) in [6, 6.07) is 20.3. The van der Waals surface area contributed by atoms with Crippen LogP contribution >= 0.6 is 0 Å². The van der Waals surface area contributed by atoms with Crippen LogP contribution in [-0.2, 0) is 0 Å². The van der Waals surface area contributed by atoms with Crippen molar-refractivity contribution in [3.63, 3.8) is 0 Å². The van der Waals surface area contributed by atoms with E-state index in [1.54, 1.807) is 6.20 Å². The van der Waals surface area contributed by atoms with Gasteiger partial charge in [0.2, 0.25) is 0 Å². The minimum Gasteiger partial charge on any atom is -0.455 e. The lowest BCUT2D eigenvalue weighted by Crippen LogP contribution is -1.79. The molecule has 3 heteroatoms. The molecule has 0 atom stereocenters. The summed E-state index contributed by atoms with van der Waals surface area (Å²) in [5, 5.41) is 5.41. The first kappa shape index (κ1) is 12.1. The second kappa shape index (κ2) is 4.15. The van der Waals surface area contributed by atoms with Gasteiger partial charge in [-0.15, -0.1) is 0 Å². The van der Waals surface area contributed by atoms with Crippen LogP contribution in [0.2, 0.25) is 0 Å². The molecule has 0 aliphatic heterocycles. The number of hydrogen-bond acceptors (Lipinski definition) is 3. The van der Waals surface area contributed by atoms with E-state index >= 15 is 0 Å². The summed E-state index contributed by atoms with van der Waals surface area (Å²) in [4.78, 5) is 4.59. The van der Waals surface area contributed by atoms with Crippen LogP contribution in [0.25, 0.3) is 54.8 Å². The summed E-state index contributed by atoms with van der Waals surface area (Å²) in [6.07, 6.45) is 1.80. The smallest absolute Gasteiger partial charge is 0.153 e. The molecule has 3 aromatic carbocycles. The first-order chi connectivity index (χ1) is 11.9. The van der Waals surface area contributed by atoms with E-state index in [0.29, 0.717) is 0 Å². The number of aromatic nitrogens is 1. The third kappa shape index (κ3) is 1.39. The Kier molecular flexibility index (Phi) is 2.10. The lowest BCUT2D eigenvalue weighted by molar-refractivity contribution is 0.657. The monoisotopic (exact) mass is 309 g/mol. The first-order valence-corrected chi connectivity index (χ1v) is 7.90. The second-order valence-electron chi connectivity index (χ2n) is 6.03. The molecule has 0 aliphatic rings. The van der Waals surface area contributed by atoms with Crippen LogP contribution in [0.1, 0.15) is 0 Å². The number of pyridine rings is 1. The van der Waals surface area contributed by atoms with Gasteiger partial charge in [0.15, 0.2) is 5.58 Å². The number of fused-ring (bicyclic) bond motifs is 4. The minimum absolute atomic E-state index is 0.776. The first-order valence-electron chi connectivity index (χ1n) is 7.90. The molecule has 3 nitrogen and oxygen atoms in total. The van der Waals surface area contributed by atoms with Crippen molar-refractivity contribution >= 4 is 54.8 Å². The fraction of sp³-hybridized carbons (Fsp3) is 0. The third-order valence-electron chi connectivity index (χ3n) is 4.70. The van der Waals surface area contributed by atoms with E-state index in [1.165, 1.54) is 0 Å². The van der Waals surface area contributed by atoms with Crippen molar-refractivity contribution in [2.45, 2.75) is 0 Å². The Morgan fingerprint density at radius 3 is 2.46 bits per heavy atom. The second-order valence-corrected chi connectivity index (χ2v) is 6.03. The number of benzene rings is 3. The average molecular weight is 309 g/mol. The predicted molar refractivity (Wildman–Crippen MR) is 96.3 cm³/mol. The Hall–Kier alpha value is -3.33. The molecule has 0 saturated heterocycles. The van der Waals surface area contributed by atoms with Crippen LogP contribution in [0.15, 0.2) is 75.7 Å². The molecule has 0 saturated carbocycles. The van der Waals surface area contributed by atoms with Gasteiger partial charge in [0, 0.05) is 22.4 Å². The summed E-state index contributed by atoms with van der Waals surface area (Å²) in [6.45, 7) is 0. The maximum atomic E-state index is 6.23. The number of furan rings is 1. The van der Waals surface area contributed by atoms with E-state index < -0.39 is 0 Å². The van der Waals surface area contributed by atoms with Crippen molar-refractivity contribution < 1.29 is 8.83 Å². The number of hydrogen-bond donors (Lipinski definition) is 0. The van der Waals surface area contributed by atoms with Gasteiger partial charge in [0.1, 0.15) is 22.3 Å². The third-order valence-corrected chi connectivity index (χ3v) is 4.70. The maximum Gasteiger partial charge on any atom is 0.153 e. The molecule has 112 valence electrons. The highest BCUT2D eigenvalue weighted by molar-refractivity contribution is 6.29. The molecule has 0 fully saturated rings. The standard InChI is InChI=1S/C21H11NO2/c1-2-6-13-12(5-1)11-14-18-19-15(7-3-8-16(19)24-21(13)18)23-17-9-4-10-22-20(14)17/h1-11H. The highest BCUT2D eigenvalue weighted by Gasteiger charge is 2.18. The van der Waals surface area contributed by atoms with Crippen LogP contribution in [0.5, 0.6) is 0 Å². The average Bonchev–Trinajstić information content (AvgIpc) is 2.95. The summed E-state index contributed by atoms with van der Waals surface area (Å²) in [5.41, 5.74) is 4.18. The Morgan fingerprint density at radius 1 is 0.667 bits per heavy atom. The Morgan fingerprint density at radius 2 is 1.50 bits per heavy atom. The van der Waals surface area contributed by atoms with Crippen LogP contribution in [0.3, 0.4) is 0 Å². The molecule has 0 N–H and O–H groups in total. The van der Waals surface area contributed by atoms with Gasteiger partial charge in [0.25, 0.3) is 0 Å². The van der Waals surface area contributed by atoms with E-state index in [0.717, 1.165) is 54.8 Å². The largest absolute Gasteiger partial charge is 0.455 e. The lowest BCUT2D eigenvalue weighted by Gasteiger charge is -2.01. The molecule has 6 rings (SSSR count). The van der Waals surface area contributed by atoms with Gasteiger partial charge >= 0.3 is 0 Å². The van der Waals surface area contributed by atoms with E-state index in [9.17, 15) is 0 Å². The molecule has 0 bridgehead atoms. The number of nitrogens with zero attached hydrogens (tertiary/aromatic N) is 1. The normalized spacial score (nSPS) is 12.2. The predicted octanol–water partition coefficient (Wildman–Crippen LogP) is 6.03. The molecule has 6 aromatic rings. The Balaban J connectivity index is 2.13. The molecule has 0 amide bonds. The van der Waals surface area contributed by atoms with E-state index in [-0.39, 0.29) is 0 Å². The van der Waals surface area contributed by atoms with Gasteiger partial charge in [-0.1, -0.05) is 30.3 Å². The highest BCUT2D eigenvalue weighted by atomic mass is 16.3. The van der Waals surface area contributed by atoms with Crippen LogP contribution in [0.4, 0.5) is 0 Å². The molecule has 0 spiro atoms. The lowest BCUT2D eigenvalue weighted by atomic mass is 10.0. The molecule has 3 heterocycles. The minimum atomic E-state index is 0.776. The summed E-state index contributed by atoms with van der Waals surface area (Å²) in [7, 11) is 0. The van der Waals surface area contributed by atoms with Crippen molar-refractivity contribution in [2.24, 2.45) is 0 Å². The fourth-order valence-electron chi connectivity index (χ4n) is 3.69. The van der Waals surface area contributed by atoms with E-state index in [4.69, 9.17) is 8.83 Å². The van der Waals surface area contributed by atoms with E-state index in [2.05, 4.69) is 23.2 Å². The quantitative estimate of drug-likeness (QED) is 0.344. The highest BCUT2D eigenvalue weighted by Crippen LogP contribution is 2.41. The topological polar surface area (TPSA) is 39.2 Å². The fourth-order valence-corrected chi connectivity index (χ4v) is 3.69. The zero-order chi connectivity index (χ0) is 15.7. The van der Waals surface area contributed by atoms with Crippen molar-refractivity contribution in [1.82, 2.24) is 4.98 Å². The Bertz CT molecular complexity index is 1410. The van der Waals surface area contributed by atoms with E-state index in [1.807, 2.05) is 42.5 Å². The molecular formula is C21H11NO2. The van der Waals surface area contributed by atoms with Gasteiger partial charge in [-0.2, -0.15) is 0 Å². The Labute approximate surface area is 136 Å². The van der Waals surface area contributed by atoms with Gasteiger partial charge < -0.3 is 8.83 Å². The zero-order valence-corrected chi connectivity index (χ0v) is 12.6. The van der Waals surface area contributed by atoms with Crippen LogP contribution < -0.4 is 0 Å². The summed E-state index contributed by atoms with van der Waals surface area (Å²) in [5.74, 6) is 0. The van der Waals surface area contributed by atoms with Gasteiger partial charge in [-0.3, -0.25) is 4.98 Å². The zero-order valence-electron chi connectivity index (χ0n) is 12.6. The number of rotatable bonds is 0. The molecular weight excluding hydrogens is 298 g/mol. The van der Waals surface area contributed by atoms with Gasteiger partial charge in [-0.25, -0.2) is 0 Å². The molecule has 0 radical (unpaired) electrons. The molecule has 0 aliphatic carbocycles. The molecule has 24 heavy (non-hydrogen) atoms. The maximum absolute atomic E-state index is 6.23. The van der Waals surface area contributed by atoms with Gasteiger partial charge in [-0.05, 0) is 35.7 Å². The summed E-state index contributed by atoms with van der Waals surface area (Å²) < 4.78 is 12.4. The van der Waals surface area contributed by atoms with Crippen LogP contribution in [-0.4, -0.2) is 4.98 Å². The molecule has 3 aromatic heterocycles. The van der Waals surface area contributed by atoms with Crippen molar-refractivity contribution in [3.8, 4) is 0 Å².